The standard InChI is InChI=1S/C23H45BrO3/c1-3-5-7-9-10-14-18-22(17-13-8-6-4-2)21-27-23(25)26-20-16-12-11-15-19-24/h22H,3-21H2,1-2H3. The van der Waals surface area contributed by atoms with E-state index >= 15 is 0 Å². The first-order chi connectivity index (χ1) is 13.2. The van der Waals surface area contributed by atoms with Gasteiger partial charge in [-0.1, -0.05) is 107 Å². The van der Waals surface area contributed by atoms with Gasteiger partial charge < -0.3 is 9.47 Å². The third kappa shape index (κ3) is 20.3. The van der Waals surface area contributed by atoms with E-state index in [0.717, 1.165) is 18.2 Å². The van der Waals surface area contributed by atoms with Gasteiger partial charge in [0.1, 0.15) is 0 Å². The van der Waals surface area contributed by atoms with Crippen LogP contribution in [0.15, 0.2) is 0 Å². The number of alkyl halides is 1. The minimum atomic E-state index is -0.475. The van der Waals surface area contributed by atoms with Crippen molar-refractivity contribution >= 4 is 22.1 Å². The minimum absolute atomic E-state index is 0.475. The molecule has 1 unspecified atom stereocenters. The van der Waals surface area contributed by atoms with Gasteiger partial charge >= 0.3 is 6.16 Å². The molecule has 0 rings (SSSR count). The zero-order valence-electron chi connectivity index (χ0n) is 18.1. The monoisotopic (exact) mass is 448 g/mol. The van der Waals surface area contributed by atoms with Crippen LogP contribution < -0.4 is 0 Å². The molecule has 0 spiro atoms. The van der Waals surface area contributed by atoms with E-state index in [1.807, 2.05) is 0 Å². The van der Waals surface area contributed by atoms with Gasteiger partial charge in [-0.05, 0) is 31.6 Å². The van der Waals surface area contributed by atoms with Gasteiger partial charge in [0.05, 0.1) is 13.2 Å². The minimum Gasteiger partial charge on any atom is -0.434 e. The largest absolute Gasteiger partial charge is 0.508 e. The first kappa shape index (κ1) is 26.8. The van der Waals surface area contributed by atoms with E-state index in [2.05, 4.69) is 29.8 Å². The van der Waals surface area contributed by atoms with E-state index in [1.165, 1.54) is 89.9 Å². The van der Waals surface area contributed by atoms with Crippen LogP contribution in [0.1, 0.15) is 117 Å². The summed E-state index contributed by atoms with van der Waals surface area (Å²) in [5.41, 5.74) is 0. The fraction of sp³-hybridized carbons (Fsp3) is 0.957. The molecule has 0 saturated heterocycles. The molecule has 3 nitrogen and oxygen atoms in total. The lowest BCUT2D eigenvalue weighted by atomic mass is 9.95. The van der Waals surface area contributed by atoms with Crippen LogP contribution in [0.4, 0.5) is 4.79 Å². The third-order valence-corrected chi connectivity index (χ3v) is 5.68. The molecule has 0 aliphatic heterocycles. The van der Waals surface area contributed by atoms with Crippen LogP contribution in [0.3, 0.4) is 0 Å². The normalized spacial score (nSPS) is 12.1. The fourth-order valence-corrected chi connectivity index (χ4v) is 3.71. The van der Waals surface area contributed by atoms with Crippen LogP contribution in [-0.4, -0.2) is 24.7 Å². The molecule has 0 radical (unpaired) electrons. The molecule has 4 heteroatoms. The summed E-state index contributed by atoms with van der Waals surface area (Å²) < 4.78 is 10.6. The number of ether oxygens (including phenoxy) is 2. The number of carbonyl (C=O) groups is 1. The van der Waals surface area contributed by atoms with E-state index in [4.69, 9.17) is 9.47 Å². The zero-order chi connectivity index (χ0) is 20.0. The van der Waals surface area contributed by atoms with Crippen molar-refractivity contribution in [1.82, 2.24) is 0 Å². The highest BCUT2D eigenvalue weighted by atomic mass is 79.9. The second-order valence-corrected chi connectivity index (χ2v) is 8.58. The molecule has 0 bridgehead atoms. The lowest BCUT2D eigenvalue weighted by molar-refractivity contribution is 0.0406. The number of hydrogen-bond donors (Lipinski definition) is 0. The van der Waals surface area contributed by atoms with Gasteiger partial charge in [-0.15, -0.1) is 0 Å². The Morgan fingerprint density at radius 2 is 1.22 bits per heavy atom. The Morgan fingerprint density at radius 3 is 1.85 bits per heavy atom. The van der Waals surface area contributed by atoms with E-state index < -0.39 is 6.16 Å². The summed E-state index contributed by atoms with van der Waals surface area (Å²) in [6.07, 6.45) is 19.3. The van der Waals surface area contributed by atoms with E-state index in [0.29, 0.717) is 19.1 Å². The Labute approximate surface area is 177 Å². The molecule has 162 valence electrons. The Hall–Kier alpha value is -0.250. The summed E-state index contributed by atoms with van der Waals surface area (Å²) in [4.78, 5) is 11.8. The molecule has 0 heterocycles. The van der Waals surface area contributed by atoms with E-state index in [-0.39, 0.29) is 0 Å². The van der Waals surface area contributed by atoms with Gasteiger partial charge in [0.15, 0.2) is 0 Å². The Bertz CT molecular complexity index is 310. The van der Waals surface area contributed by atoms with Crippen molar-refractivity contribution in [2.75, 3.05) is 18.5 Å². The van der Waals surface area contributed by atoms with Gasteiger partial charge in [0.25, 0.3) is 0 Å². The van der Waals surface area contributed by atoms with Gasteiger partial charge in [0, 0.05) is 5.33 Å². The average Bonchev–Trinajstić information content (AvgIpc) is 2.67. The van der Waals surface area contributed by atoms with Gasteiger partial charge in [-0.2, -0.15) is 0 Å². The number of hydrogen-bond acceptors (Lipinski definition) is 3. The average molecular weight is 450 g/mol. The van der Waals surface area contributed by atoms with Gasteiger partial charge in [-0.3, -0.25) is 0 Å². The summed E-state index contributed by atoms with van der Waals surface area (Å²) >= 11 is 3.43. The lowest BCUT2D eigenvalue weighted by Crippen LogP contribution is -2.16. The first-order valence-corrected chi connectivity index (χ1v) is 12.7. The molecule has 0 aromatic heterocycles. The van der Waals surface area contributed by atoms with Crippen molar-refractivity contribution in [3.8, 4) is 0 Å². The topological polar surface area (TPSA) is 35.5 Å². The molecular weight excluding hydrogens is 404 g/mol. The molecule has 0 aromatic rings. The summed E-state index contributed by atoms with van der Waals surface area (Å²) in [6.45, 7) is 5.52. The molecular formula is C23H45BrO3. The van der Waals surface area contributed by atoms with Crippen molar-refractivity contribution in [2.45, 2.75) is 117 Å². The van der Waals surface area contributed by atoms with Crippen LogP contribution in [0, 0.1) is 5.92 Å². The van der Waals surface area contributed by atoms with Crippen molar-refractivity contribution < 1.29 is 14.3 Å². The van der Waals surface area contributed by atoms with Crippen molar-refractivity contribution in [3.63, 3.8) is 0 Å². The van der Waals surface area contributed by atoms with Crippen molar-refractivity contribution in [2.24, 2.45) is 5.92 Å². The van der Waals surface area contributed by atoms with Gasteiger partial charge in [-0.25, -0.2) is 4.79 Å². The molecule has 0 saturated carbocycles. The fourth-order valence-electron chi connectivity index (χ4n) is 3.32. The van der Waals surface area contributed by atoms with E-state index in [9.17, 15) is 4.79 Å². The Kier molecular flexibility index (Phi) is 21.8. The first-order valence-electron chi connectivity index (χ1n) is 11.6. The van der Waals surface area contributed by atoms with Crippen LogP contribution in [0.5, 0.6) is 0 Å². The third-order valence-electron chi connectivity index (χ3n) is 5.12. The number of rotatable bonds is 20. The smallest absolute Gasteiger partial charge is 0.434 e. The molecule has 0 aliphatic carbocycles. The maximum atomic E-state index is 11.8. The number of carbonyl (C=O) groups excluding carboxylic acids is 1. The molecule has 1 atom stereocenters. The molecule has 0 fully saturated rings. The lowest BCUT2D eigenvalue weighted by Gasteiger charge is -2.17. The summed E-state index contributed by atoms with van der Waals surface area (Å²) in [5.74, 6) is 0.500. The highest BCUT2D eigenvalue weighted by Crippen LogP contribution is 2.19. The second kappa shape index (κ2) is 22.0. The summed E-state index contributed by atoms with van der Waals surface area (Å²) in [7, 11) is 0. The van der Waals surface area contributed by atoms with Crippen molar-refractivity contribution in [3.05, 3.63) is 0 Å². The van der Waals surface area contributed by atoms with Crippen LogP contribution in [-0.2, 0) is 9.47 Å². The zero-order valence-corrected chi connectivity index (χ0v) is 19.7. The van der Waals surface area contributed by atoms with Gasteiger partial charge in [0.2, 0.25) is 0 Å². The molecule has 0 N–H and O–H groups in total. The second-order valence-electron chi connectivity index (χ2n) is 7.78. The molecule has 0 aromatic carbocycles. The van der Waals surface area contributed by atoms with Crippen LogP contribution in [0.25, 0.3) is 0 Å². The number of unbranched alkanes of at least 4 members (excludes halogenated alkanes) is 11. The number of halogens is 1. The van der Waals surface area contributed by atoms with Crippen molar-refractivity contribution in [1.29, 1.82) is 0 Å². The summed E-state index contributed by atoms with van der Waals surface area (Å²) in [6, 6.07) is 0. The summed E-state index contributed by atoms with van der Waals surface area (Å²) in [5, 5.41) is 1.05. The predicted molar refractivity (Wildman–Crippen MR) is 120 cm³/mol. The quantitative estimate of drug-likeness (QED) is 0.106. The van der Waals surface area contributed by atoms with E-state index in [1.54, 1.807) is 0 Å². The SMILES string of the molecule is CCCCCCCCC(CCCCCC)COC(=O)OCCCCCCBr. The Morgan fingerprint density at radius 1 is 0.704 bits per heavy atom. The maximum Gasteiger partial charge on any atom is 0.508 e. The van der Waals surface area contributed by atoms with Crippen LogP contribution >= 0.6 is 15.9 Å². The maximum absolute atomic E-state index is 11.8. The highest BCUT2D eigenvalue weighted by molar-refractivity contribution is 9.09. The Balaban J connectivity index is 3.89. The molecule has 0 amide bonds. The molecule has 27 heavy (non-hydrogen) atoms. The molecule has 0 aliphatic rings. The van der Waals surface area contributed by atoms with Crippen LogP contribution in [0.2, 0.25) is 0 Å². The predicted octanol–water partition coefficient (Wildman–Crippen LogP) is 8.43. The highest BCUT2D eigenvalue weighted by Gasteiger charge is 2.13.